The van der Waals surface area contributed by atoms with Crippen LogP contribution in [0.2, 0.25) is 0 Å². The first-order valence-corrected chi connectivity index (χ1v) is 5.90. The molecule has 2 rings (SSSR count). The monoisotopic (exact) mass is 257 g/mol. The molecule has 0 fully saturated rings. The fraction of sp³-hybridized carbons (Fsp3) is 0.143. The van der Waals surface area contributed by atoms with E-state index in [1.165, 1.54) is 0 Å². The molecule has 0 aliphatic carbocycles. The van der Waals surface area contributed by atoms with Crippen LogP contribution in [0.5, 0.6) is 0 Å². The summed E-state index contributed by atoms with van der Waals surface area (Å²) in [6, 6.07) is 12.6. The first-order valence-electron chi connectivity index (χ1n) is 5.90. The van der Waals surface area contributed by atoms with Crippen molar-refractivity contribution in [1.82, 2.24) is 0 Å². The van der Waals surface area contributed by atoms with Crippen LogP contribution in [0, 0.1) is 17.0 Å². The highest BCUT2D eigenvalue weighted by Crippen LogP contribution is 2.28. The average molecular weight is 257 g/mol. The van der Waals surface area contributed by atoms with E-state index in [1.807, 2.05) is 24.3 Å². The fourth-order valence-electron chi connectivity index (χ4n) is 1.88. The molecule has 5 heteroatoms. The van der Waals surface area contributed by atoms with Crippen LogP contribution in [0.1, 0.15) is 11.1 Å². The molecule has 5 nitrogen and oxygen atoms in total. The molecule has 0 amide bonds. The summed E-state index contributed by atoms with van der Waals surface area (Å²) in [5, 5.41) is 14.1. The van der Waals surface area contributed by atoms with Crippen molar-refractivity contribution in [2.24, 2.45) is 0 Å². The van der Waals surface area contributed by atoms with Crippen LogP contribution in [-0.4, -0.2) is 4.92 Å². The zero-order valence-corrected chi connectivity index (χ0v) is 10.6. The quantitative estimate of drug-likeness (QED) is 0.501. The molecule has 0 spiro atoms. The second-order valence-corrected chi connectivity index (χ2v) is 4.32. The van der Waals surface area contributed by atoms with E-state index >= 15 is 0 Å². The summed E-state index contributed by atoms with van der Waals surface area (Å²) in [4.78, 5) is 10.7. The summed E-state index contributed by atoms with van der Waals surface area (Å²) >= 11 is 0. The number of nitrogens with two attached hydrogens (primary N) is 1. The number of hydrogen-bond donors (Lipinski definition) is 2. The molecule has 2 aromatic rings. The van der Waals surface area contributed by atoms with E-state index in [9.17, 15) is 10.1 Å². The van der Waals surface area contributed by atoms with Crippen LogP contribution >= 0.6 is 0 Å². The molecule has 98 valence electrons. The highest BCUT2D eigenvalue weighted by molar-refractivity contribution is 5.65. The van der Waals surface area contributed by atoms with Gasteiger partial charge in [-0.1, -0.05) is 24.3 Å². The number of nitrogens with zero attached hydrogens (tertiary/aromatic N) is 1. The molecule has 0 unspecified atom stereocenters. The molecule has 0 aliphatic rings. The van der Waals surface area contributed by atoms with Gasteiger partial charge in [-0.05, 0) is 30.7 Å². The second-order valence-electron chi connectivity index (χ2n) is 4.32. The largest absolute Gasteiger partial charge is 0.399 e. The first-order chi connectivity index (χ1) is 9.08. The minimum atomic E-state index is -0.360. The Morgan fingerprint density at radius 1 is 1.21 bits per heavy atom. The van der Waals surface area contributed by atoms with E-state index in [4.69, 9.17) is 5.73 Å². The third-order valence-corrected chi connectivity index (χ3v) is 2.88. The van der Waals surface area contributed by atoms with Crippen molar-refractivity contribution in [1.29, 1.82) is 0 Å². The van der Waals surface area contributed by atoms with Gasteiger partial charge in [0.05, 0.1) is 4.92 Å². The van der Waals surface area contributed by atoms with Gasteiger partial charge in [-0.3, -0.25) is 10.1 Å². The molecule has 0 radical (unpaired) electrons. The summed E-state index contributed by atoms with van der Waals surface area (Å²) in [6.07, 6.45) is 0. The maximum atomic E-state index is 11.0. The maximum Gasteiger partial charge on any atom is 0.295 e. The maximum absolute atomic E-state index is 11.0. The lowest BCUT2D eigenvalue weighted by Crippen LogP contribution is -2.03. The van der Waals surface area contributed by atoms with E-state index in [0.29, 0.717) is 23.5 Å². The van der Waals surface area contributed by atoms with Gasteiger partial charge in [0.2, 0.25) is 0 Å². The van der Waals surface area contributed by atoms with Gasteiger partial charge >= 0.3 is 0 Å². The van der Waals surface area contributed by atoms with Crippen LogP contribution in [0.4, 0.5) is 17.1 Å². The summed E-state index contributed by atoms with van der Waals surface area (Å²) in [5.41, 5.74) is 8.62. The lowest BCUT2D eigenvalue weighted by molar-refractivity contribution is -0.384. The Morgan fingerprint density at radius 3 is 2.53 bits per heavy atom. The number of nitrogen functional groups attached to an aromatic ring is 1. The lowest BCUT2D eigenvalue weighted by Gasteiger charge is -2.08. The number of hydrogen-bond acceptors (Lipinski definition) is 4. The van der Waals surface area contributed by atoms with Crippen LogP contribution in [0.15, 0.2) is 42.5 Å². The highest BCUT2D eigenvalue weighted by atomic mass is 16.6. The van der Waals surface area contributed by atoms with Crippen LogP contribution < -0.4 is 11.1 Å². The van der Waals surface area contributed by atoms with Crippen molar-refractivity contribution >= 4 is 17.1 Å². The summed E-state index contributed by atoms with van der Waals surface area (Å²) < 4.78 is 0. The topological polar surface area (TPSA) is 81.2 Å². The number of rotatable bonds is 4. The summed E-state index contributed by atoms with van der Waals surface area (Å²) in [5.74, 6) is 0. The number of nitro groups is 1. The number of nitrogens with one attached hydrogen (secondary N) is 1. The normalized spacial score (nSPS) is 10.2. The van der Waals surface area contributed by atoms with Gasteiger partial charge in [-0.2, -0.15) is 0 Å². The van der Waals surface area contributed by atoms with Crippen LogP contribution in [0.3, 0.4) is 0 Å². The van der Waals surface area contributed by atoms with Gasteiger partial charge in [-0.15, -0.1) is 0 Å². The van der Waals surface area contributed by atoms with E-state index in [2.05, 4.69) is 5.32 Å². The molecular formula is C14H15N3O2. The first kappa shape index (κ1) is 12.9. The summed E-state index contributed by atoms with van der Waals surface area (Å²) in [7, 11) is 0. The zero-order valence-electron chi connectivity index (χ0n) is 10.6. The Labute approximate surface area is 111 Å². The van der Waals surface area contributed by atoms with Gasteiger partial charge in [0.15, 0.2) is 0 Å². The van der Waals surface area contributed by atoms with Crippen molar-refractivity contribution in [2.45, 2.75) is 13.5 Å². The predicted octanol–water partition coefficient (Wildman–Crippen LogP) is 3.10. The average Bonchev–Trinajstić information content (AvgIpc) is 2.37. The van der Waals surface area contributed by atoms with Crippen molar-refractivity contribution in [2.75, 3.05) is 11.1 Å². The van der Waals surface area contributed by atoms with Crippen molar-refractivity contribution in [3.63, 3.8) is 0 Å². The fourth-order valence-corrected chi connectivity index (χ4v) is 1.88. The lowest BCUT2D eigenvalue weighted by atomic mass is 10.1. The molecule has 0 heterocycles. The molecule has 0 saturated carbocycles. The van der Waals surface area contributed by atoms with Crippen molar-refractivity contribution < 1.29 is 4.92 Å². The number of benzene rings is 2. The highest BCUT2D eigenvalue weighted by Gasteiger charge is 2.16. The molecule has 2 aromatic carbocycles. The minimum Gasteiger partial charge on any atom is -0.399 e. The molecule has 0 bridgehead atoms. The van der Waals surface area contributed by atoms with Crippen molar-refractivity contribution in [3.05, 3.63) is 63.7 Å². The van der Waals surface area contributed by atoms with Gasteiger partial charge in [0.1, 0.15) is 5.69 Å². The zero-order chi connectivity index (χ0) is 13.8. The Hall–Kier alpha value is -2.56. The molecule has 19 heavy (non-hydrogen) atoms. The Morgan fingerprint density at radius 2 is 1.89 bits per heavy atom. The molecule has 0 aromatic heterocycles. The van der Waals surface area contributed by atoms with Gasteiger partial charge in [-0.25, -0.2) is 0 Å². The number of aryl methyl sites for hydroxylation is 1. The Bertz CT molecular complexity index is 594. The standard InChI is InChI=1S/C14H15N3O2/c1-10-3-2-4-13(14(10)17(18)19)16-9-11-5-7-12(15)8-6-11/h2-8,16H,9,15H2,1H3. The molecule has 3 N–H and O–H groups in total. The number of nitro benzene ring substituents is 1. The second kappa shape index (κ2) is 5.39. The summed E-state index contributed by atoms with van der Waals surface area (Å²) in [6.45, 7) is 2.25. The smallest absolute Gasteiger partial charge is 0.295 e. The molecule has 0 aliphatic heterocycles. The van der Waals surface area contributed by atoms with E-state index < -0.39 is 0 Å². The van der Waals surface area contributed by atoms with Crippen molar-refractivity contribution in [3.8, 4) is 0 Å². The van der Waals surface area contributed by atoms with Crippen LogP contribution in [-0.2, 0) is 6.54 Å². The molecule has 0 atom stereocenters. The van der Waals surface area contributed by atoms with E-state index in [-0.39, 0.29) is 10.6 Å². The number of para-hydroxylation sites is 1. The van der Waals surface area contributed by atoms with Gasteiger partial charge in [0.25, 0.3) is 5.69 Å². The minimum absolute atomic E-state index is 0.123. The SMILES string of the molecule is Cc1cccc(NCc2ccc(N)cc2)c1[N+](=O)[O-]. The predicted molar refractivity (Wildman–Crippen MR) is 76.0 cm³/mol. The Kier molecular flexibility index (Phi) is 3.66. The van der Waals surface area contributed by atoms with Gasteiger partial charge in [0, 0.05) is 17.8 Å². The van der Waals surface area contributed by atoms with E-state index in [0.717, 1.165) is 5.56 Å². The van der Waals surface area contributed by atoms with E-state index in [1.54, 1.807) is 25.1 Å². The Balaban J connectivity index is 2.18. The van der Waals surface area contributed by atoms with Crippen LogP contribution in [0.25, 0.3) is 0 Å². The van der Waals surface area contributed by atoms with Gasteiger partial charge < -0.3 is 11.1 Å². The molecular weight excluding hydrogens is 242 g/mol. The third-order valence-electron chi connectivity index (χ3n) is 2.88. The number of anilines is 2. The molecule has 0 saturated heterocycles. The third kappa shape index (κ3) is 3.01.